The number of rotatable bonds is 6. The third kappa shape index (κ3) is 3.88. The monoisotopic (exact) mass is 219 g/mol. The molecule has 1 aromatic carbocycles. The molecule has 0 aromatic heterocycles. The van der Waals surface area contributed by atoms with Crippen LogP contribution in [0.1, 0.15) is 50.7 Å². The summed E-state index contributed by atoms with van der Waals surface area (Å²) in [4.78, 5) is 0. The number of anilines is 1. The van der Waals surface area contributed by atoms with Crippen LogP contribution in [0.2, 0.25) is 0 Å². The Morgan fingerprint density at radius 2 is 1.69 bits per heavy atom. The Labute approximate surface area is 100 Å². The summed E-state index contributed by atoms with van der Waals surface area (Å²) in [6, 6.07) is 7.27. The van der Waals surface area contributed by atoms with Gasteiger partial charge in [0, 0.05) is 11.7 Å². The molecule has 16 heavy (non-hydrogen) atoms. The molecule has 0 atom stereocenters. The average molecular weight is 219 g/mol. The van der Waals surface area contributed by atoms with Crippen LogP contribution in [-0.4, -0.2) is 6.04 Å². The van der Waals surface area contributed by atoms with Crippen LogP contribution in [0.4, 0.5) is 5.69 Å². The van der Waals surface area contributed by atoms with Gasteiger partial charge in [0.05, 0.1) is 0 Å². The Morgan fingerprint density at radius 3 is 2.25 bits per heavy atom. The standard InChI is InChI=1S/C15H25N/c1-5-7-14(8-6-2)16-15-11-12(3)9-10-13(15)4/h9-11,14,16H,5-8H2,1-4H3. The first-order valence-electron chi connectivity index (χ1n) is 6.51. The lowest BCUT2D eigenvalue weighted by molar-refractivity contribution is 0.586. The summed E-state index contributed by atoms with van der Waals surface area (Å²) in [6.07, 6.45) is 5.04. The van der Waals surface area contributed by atoms with Gasteiger partial charge in [0.1, 0.15) is 0 Å². The first kappa shape index (κ1) is 13.1. The van der Waals surface area contributed by atoms with Crippen molar-refractivity contribution in [1.29, 1.82) is 0 Å². The lowest BCUT2D eigenvalue weighted by atomic mass is 10.0. The van der Waals surface area contributed by atoms with Crippen LogP contribution >= 0.6 is 0 Å². The predicted octanol–water partition coefficient (Wildman–Crippen LogP) is 4.68. The number of nitrogens with one attached hydrogen (secondary N) is 1. The molecule has 0 aliphatic carbocycles. The minimum Gasteiger partial charge on any atom is -0.382 e. The van der Waals surface area contributed by atoms with Crippen molar-refractivity contribution in [2.45, 2.75) is 59.4 Å². The van der Waals surface area contributed by atoms with Gasteiger partial charge in [-0.25, -0.2) is 0 Å². The minimum absolute atomic E-state index is 0.635. The fraction of sp³-hybridized carbons (Fsp3) is 0.600. The molecule has 0 bridgehead atoms. The van der Waals surface area contributed by atoms with Crippen molar-refractivity contribution < 1.29 is 0 Å². The van der Waals surface area contributed by atoms with Gasteiger partial charge in [-0.3, -0.25) is 0 Å². The molecule has 0 spiro atoms. The van der Waals surface area contributed by atoms with Gasteiger partial charge < -0.3 is 5.32 Å². The molecule has 0 amide bonds. The van der Waals surface area contributed by atoms with E-state index in [0.29, 0.717) is 6.04 Å². The highest BCUT2D eigenvalue weighted by Crippen LogP contribution is 2.20. The third-order valence-corrected chi connectivity index (χ3v) is 3.03. The molecule has 1 N–H and O–H groups in total. The van der Waals surface area contributed by atoms with Gasteiger partial charge in [-0.1, -0.05) is 38.8 Å². The molecule has 0 radical (unpaired) electrons. The van der Waals surface area contributed by atoms with Gasteiger partial charge in [-0.05, 0) is 43.9 Å². The Bertz CT molecular complexity index is 311. The fourth-order valence-corrected chi connectivity index (χ4v) is 2.10. The third-order valence-electron chi connectivity index (χ3n) is 3.03. The molecular weight excluding hydrogens is 194 g/mol. The second kappa shape index (κ2) is 6.57. The van der Waals surface area contributed by atoms with Crippen molar-refractivity contribution in [3.8, 4) is 0 Å². The molecule has 1 aromatic rings. The topological polar surface area (TPSA) is 12.0 Å². The van der Waals surface area contributed by atoms with Crippen LogP contribution in [0.15, 0.2) is 18.2 Å². The summed E-state index contributed by atoms with van der Waals surface area (Å²) in [6.45, 7) is 8.84. The summed E-state index contributed by atoms with van der Waals surface area (Å²) in [5, 5.41) is 3.69. The first-order valence-corrected chi connectivity index (χ1v) is 6.51. The highest BCUT2D eigenvalue weighted by Gasteiger charge is 2.07. The van der Waals surface area contributed by atoms with E-state index in [0.717, 1.165) is 0 Å². The maximum Gasteiger partial charge on any atom is 0.0374 e. The summed E-state index contributed by atoms with van der Waals surface area (Å²) < 4.78 is 0. The lowest BCUT2D eigenvalue weighted by Gasteiger charge is -2.20. The van der Waals surface area contributed by atoms with Crippen LogP contribution in [0.3, 0.4) is 0 Å². The van der Waals surface area contributed by atoms with Crippen molar-refractivity contribution in [2.75, 3.05) is 5.32 Å². The van der Waals surface area contributed by atoms with Crippen molar-refractivity contribution in [3.05, 3.63) is 29.3 Å². The van der Waals surface area contributed by atoms with E-state index < -0.39 is 0 Å². The fourth-order valence-electron chi connectivity index (χ4n) is 2.10. The second-order valence-corrected chi connectivity index (χ2v) is 4.74. The maximum atomic E-state index is 3.69. The van der Waals surface area contributed by atoms with Gasteiger partial charge in [-0.15, -0.1) is 0 Å². The minimum atomic E-state index is 0.635. The molecule has 90 valence electrons. The maximum absolute atomic E-state index is 3.69. The predicted molar refractivity (Wildman–Crippen MR) is 73.1 cm³/mol. The highest BCUT2D eigenvalue weighted by atomic mass is 14.9. The van der Waals surface area contributed by atoms with Gasteiger partial charge in [0.25, 0.3) is 0 Å². The van der Waals surface area contributed by atoms with Gasteiger partial charge in [0.2, 0.25) is 0 Å². The highest BCUT2D eigenvalue weighted by molar-refractivity contribution is 5.53. The molecule has 1 nitrogen and oxygen atoms in total. The first-order chi connectivity index (χ1) is 7.67. The molecule has 0 heterocycles. The van der Waals surface area contributed by atoms with Crippen LogP contribution in [-0.2, 0) is 0 Å². The molecule has 0 unspecified atom stereocenters. The van der Waals surface area contributed by atoms with E-state index in [1.807, 2.05) is 0 Å². The molecule has 1 heteroatoms. The van der Waals surface area contributed by atoms with Gasteiger partial charge >= 0.3 is 0 Å². The van der Waals surface area contributed by atoms with E-state index >= 15 is 0 Å². The second-order valence-electron chi connectivity index (χ2n) is 4.74. The van der Waals surface area contributed by atoms with Crippen molar-refractivity contribution >= 4 is 5.69 Å². The van der Waals surface area contributed by atoms with E-state index in [1.165, 1.54) is 42.5 Å². The molecule has 0 aliphatic rings. The summed E-state index contributed by atoms with van der Waals surface area (Å²) in [7, 11) is 0. The van der Waals surface area contributed by atoms with Crippen LogP contribution in [0.25, 0.3) is 0 Å². The van der Waals surface area contributed by atoms with E-state index in [2.05, 4.69) is 51.2 Å². The molecule has 0 aliphatic heterocycles. The smallest absolute Gasteiger partial charge is 0.0374 e. The molecule has 1 rings (SSSR count). The number of benzene rings is 1. The summed E-state index contributed by atoms with van der Waals surface area (Å²) in [5.41, 5.74) is 3.99. The zero-order valence-corrected chi connectivity index (χ0v) is 11.1. The van der Waals surface area contributed by atoms with E-state index in [4.69, 9.17) is 0 Å². The Morgan fingerprint density at radius 1 is 1.06 bits per heavy atom. The van der Waals surface area contributed by atoms with Crippen LogP contribution in [0, 0.1) is 13.8 Å². The van der Waals surface area contributed by atoms with Crippen molar-refractivity contribution in [2.24, 2.45) is 0 Å². The van der Waals surface area contributed by atoms with Crippen molar-refractivity contribution in [3.63, 3.8) is 0 Å². The van der Waals surface area contributed by atoms with E-state index in [9.17, 15) is 0 Å². The molecule has 0 saturated carbocycles. The summed E-state index contributed by atoms with van der Waals surface area (Å²) in [5.74, 6) is 0. The van der Waals surface area contributed by atoms with Gasteiger partial charge in [0.15, 0.2) is 0 Å². The van der Waals surface area contributed by atoms with Crippen molar-refractivity contribution in [1.82, 2.24) is 0 Å². The average Bonchev–Trinajstić information content (AvgIpc) is 2.24. The molecule has 0 fully saturated rings. The Kier molecular flexibility index (Phi) is 5.37. The zero-order chi connectivity index (χ0) is 12.0. The number of hydrogen-bond acceptors (Lipinski definition) is 1. The zero-order valence-electron chi connectivity index (χ0n) is 11.1. The van der Waals surface area contributed by atoms with Gasteiger partial charge in [-0.2, -0.15) is 0 Å². The summed E-state index contributed by atoms with van der Waals surface area (Å²) >= 11 is 0. The van der Waals surface area contributed by atoms with E-state index in [1.54, 1.807) is 0 Å². The Balaban J connectivity index is 2.71. The van der Waals surface area contributed by atoms with Crippen LogP contribution < -0.4 is 5.32 Å². The Hall–Kier alpha value is -0.980. The molecule has 0 saturated heterocycles. The SMILES string of the molecule is CCCC(CCC)Nc1cc(C)ccc1C. The quantitative estimate of drug-likeness (QED) is 0.732. The molecular formula is C15H25N. The largest absolute Gasteiger partial charge is 0.382 e. The lowest BCUT2D eigenvalue weighted by Crippen LogP contribution is -2.19. The van der Waals surface area contributed by atoms with E-state index in [-0.39, 0.29) is 0 Å². The van der Waals surface area contributed by atoms with Crippen LogP contribution in [0.5, 0.6) is 0 Å². The number of hydrogen-bond donors (Lipinski definition) is 1. The number of aryl methyl sites for hydroxylation is 2. The normalized spacial score (nSPS) is 10.8.